The molecule has 5 rings (SSSR count). The van der Waals surface area contributed by atoms with Crippen molar-refractivity contribution in [3.05, 3.63) is 48.6 Å². The Balaban J connectivity index is 1.62. The van der Waals surface area contributed by atoms with Gasteiger partial charge in [0.15, 0.2) is 0 Å². The molecule has 9 heteroatoms. The van der Waals surface area contributed by atoms with Crippen molar-refractivity contribution in [1.29, 1.82) is 0 Å². The molecule has 2 saturated heterocycles. The van der Waals surface area contributed by atoms with Crippen LogP contribution >= 0.6 is 0 Å². The maximum atomic E-state index is 14.7. The van der Waals surface area contributed by atoms with Crippen LogP contribution in [0, 0.1) is 17.8 Å². The fraction of sp³-hybridized carbons (Fsp3) is 0.618. The Morgan fingerprint density at radius 2 is 1.67 bits per heavy atom. The van der Waals surface area contributed by atoms with E-state index in [-0.39, 0.29) is 30.2 Å². The van der Waals surface area contributed by atoms with Crippen LogP contribution in [0.25, 0.3) is 0 Å². The molecule has 0 bridgehead atoms. The Morgan fingerprint density at radius 1 is 0.953 bits per heavy atom. The second kappa shape index (κ2) is 12.4. The maximum Gasteiger partial charge on any atom is 0.249 e. The Labute approximate surface area is 255 Å². The molecule has 1 unspecified atom stereocenters. The molecule has 1 aromatic carbocycles. The van der Waals surface area contributed by atoms with Crippen LogP contribution in [0.4, 0.5) is 5.69 Å². The van der Waals surface area contributed by atoms with E-state index in [1.165, 1.54) is 0 Å². The van der Waals surface area contributed by atoms with Gasteiger partial charge in [-0.15, -0.1) is 0 Å². The van der Waals surface area contributed by atoms with Crippen LogP contribution in [-0.4, -0.2) is 88.8 Å². The lowest BCUT2D eigenvalue weighted by Crippen LogP contribution is -2.59. The number of ether oxygens (including phenoxy) is 2. The van der Waals surface area contributed by atoms with Gasteiger partial charge in [-0.2, -0.15) is 0 Å². The van der Waals surface area contributed by atoms with Crippen molar-refractivity contribution >= 4 is 23.4 Å². The van der Waals surface area contributed by atoms with Gasteiger partial charge in [-0.1, -0.05) is 64.8 Å². The van der Waals surface area contributed by atoms with Gasteiger partial charge in [0.2, 0.25) is 17.7 Å². The van der Waals surface area contributed by atoms with Gasteiger partial charge in [-0.05, 0) is 49.9 Å². The van der Waals surface area contributed by atoms with Gasteiger partial charge in [0, 0.05) is 25.3 Å². The molecule has 0 aliphatic carbocycles. The van der Waals surface area contributed by atoms with Crippen molar-refractivity contribution < 1.29 is 29.0 Å². The van der Waals surface area contributed by atoms with E-state index in [1.54, 1.807) is 9.80 Å². The van der Waals surface area contributed by atoms with Gasteiger partial charge >= 0.3 is 0 Å². The molecule has 2 fully saturated rings. The highest BCUT2D eigenvalue weighted by Crippen LogP contribution is 2.59. The minimum absolute atomic E-state index is 0.112. The summed E-state index contributed by atoms with van der Waals surface area (Å²) in [4.78, 5) is 49.0. The average Bonchev–Trinajstić information content (AvgIpc) is 3.28. The van der Waals surface area contributed by atoms with E-state index in [0.717, 1.165) is 19.3 Å². The number of likely N-dealkylation sites (tertiary alicyclic amines) is 1. The fourth-order valence-corrected chi connectivity index (χ4v) is 7.60. The van der Waals surface area contributed by atoms with Gasteiger partial charge in [0.25, 0.3) is 0 Å². The first-order valence-corrected chi connectivity index (χ1v) is 16.0. The van der Waals surface area contributed by atoms with Crippen LogP contribution in [0.1, 0.15) is 60.3 Å². The summed E-state index contributed by atoms with van der Waals surface area (Å²) in [5.74, 6) is -1.85. The lowest BCUT2D eigenvalue weighted by Gasteiger charge is -2.41. The van der Waals surface area contributed by atoms with Crippen LogP contribution in [0.5, 0.6) is 5.75 Å². The van der Waals surface area contributed by atoms with Gasteiger partial charge in [0.1, 0.15) is 17.4 Å². The number of amides is 3. The highest BCUT2D eigenvalue weighted by molar-refractivity contribution is 6.04. The van der Waals surface area contributed by atoms with E-state index in [2.05, 4.69) is 6.92 Å². The molecular formula is C34H47N3O6. The highest BCUT2D eigenvalue weighted by Gasteiger charge is 2.76. The van der Waals surface area contributed by atoms with Crippen molar-refractivity contribution in [2.45, 2.75) is 83.6 Å². The summed E-state index contributed by atoms with van der Waals surface area (Å²) in [6.45, 7) is 11.5. The quantitative estimate of drug-likeness (QED) is 0.308. The van der Waals surface area contributed by atoms with Gasteiger partial charge in [-0.3, -0.25) is 14.4 Å². The van der Waals surface area contributed by atoms with E-state index in [1.807, 2.05) is 81.2 Å². The first-order valence-electron chi connectivity index (χ1n) is 16.0. The summed E-state index contributed by atoms with van der Waals surface area (Å²) in [5.41, 5.74) is -1.69. The number of aliphatic hydroxyl groups excluding tert-OH is 1. The monoisotopic (exact) mass is 593 g/mol. The third kappa shape index (κ3) is 5.08. The smallest absolute Gasteiger partial charge is 0.249 e. The third-order valence-electron chi connectivity index (χ3n) is 9.77. The van der Waals surface area contributed by atoms with Crippen LogP contribution < -0.4 is 9.64 Å². The Bertz CT molecular complexity index is 1260. The molecule has 4 aliphatic rings. The zero-order chi connectivity index (χ0) is 30.9. The third-order valence-corrected chi connectivity index (χ3v) is 9.77. The van der Waals surface area contributed by atoms with Crippen LogP contribution in [0.3, 0.4) is 0 Å². The molecule has 3 amide bonds. The molecule has 0 radical (unpaired) electrons. The average molecular weight is 594 g/mol. The first kappa shape index (κ1) is 31.3. The molecule has 234 valence electrons. The molecule has 1 aromatic rings. The Morgan fingerprint density at radius 3 is 2.30 bits per heavy atom. The number of rotatable bonds is 11. The largest absolute Gasteiger partial charge is 0.494 e. The predicted molar refractivity (Wildman–Crippen MR) is 165 cm³/mol. The second-order valence-corrected chi connectivity index (χ2v) is 12.5. The van der Waals surface area contributed by atoms with Crippen molar-refractivity contribution in [3.8, 4) is 5.75 Å². The maximum absolute atomic E-state index is 14.7. The molecule has 4 aliphatic heterocycles. The van der Waals surface area contributed by atoms with Crippen LogP contribution in [0.15, 0.2) is 48.6 Å². The number of hydrogen-bond acceptors (Lipinski definition) is 6. The molecule has 0 saturated carbocycles. The topological polar surface area (TPSA) is 99.6 Å². The summed E-state index contributed by atoms with van der Waals surface area (Å²) in [7, 11) is 0. The molecule has 9 nitrogen and oxygen atoms in total. The number of hydrogen-bond donors (Lipinski definition) is 1. The molecule has 0 aromatic heterocycles. The van der Waals surface area contributed by atoms with Crippen molar-refractivity contribution in [2.75, 3.05) is 37.7 Å². The van der Waals surface area contributed by atoms with Gasteiger partial charge in [0.05, 0.1) is 36.7 Å². The summed E-state index contributed by atoms with van der Waals surface area (Å²) in [6, 6.07) is 5.83. The SMILES string of the molecule is CCCCCN1CC=C[C@]23O[C@@]4(CC)C=CCN(c5ccc(OCC)cc5)C(=O)[C@H]4[C@H]2C(=O)N([C@@H](CO)C(C)C)C3C1=O. The summed E-state index contributed by atoms with van der Waals surface area (Å²) < 4.78 is 12.7. The second-order valence-electron chi connectivity index (χ2n) is 12.5. The van der Waals surface area contributed by atoms with E-state index in [9.17, 15) is 19.5 Å². The van der Waals surface area contributed by atoms with Crippen LogP contribution in [-0.2, 0) is 19.1 Å². The number of fused-ring (bicyclic) bond motifs is 2. The summed E-state index contributed by atoms with van der Waals surface area (Å²) in [6.07, 6.45) is 11.1. The van der Waals surface area contributed by atoms with Crippen molar-refractivity contribution in [2.24, 2.45) is 17.8 Å². The molecule has 43 heavy (non-hydrogen) atoms. The number of carbonyl (C=O) groups is 3. The van der Waals surface area contributed by atoms with Crippen molar-refractivity contribution in [1.82, 2.24) is 9.80 Å². The number of anilines is 1. The Kier molecular flexibility index (Phi) is 9.05. The number of carbonyl (C=O) groups excluding carboxylic acids is 3. The summed E-state index contributed by atoms with van der Waals surface area (Å²) in [5, 5.41) is 10.5. The zero-order valence-corrected chi connectivity index (χ0v) is 26.2. The molecular weight excluding hydrogens is 546 g/mol. The summed E-state index contributed by atoms with van der Waals surface area (Å²) >= 11 is 0. The normalized spacial score (nSPS) is 30.8. The standard InChI is InChI=1S/C34H47N3O6/c1-6-9-10-19-35-20-12-18-34-28(31(40)37(29(34)32(35)41)26(22-38)23(4)5)27-30(39)36(21-11-17-33(27,7-2)43-34)24-13-15-25(16-14-24)42-8-3/h11-18,23,26-29,38H,6-10,19-22H2,1-5H3/t26-,27+,28-,29?,33-,34-/m0/s1. The number of nitrogens with zero attached hydrogens (tertiary/aromatic N) is 3. The van der Waals surface area contributed by atoms with Gasteiger partial charge < -0.3 is 29.3 Å². The number of unbranched alkanes of at least 4 members (excludes halogenated alkanes) is 2. The van der Waals surface area contributed by atoms with Crippen LogP contribution in [0.2, 0.25) is 0 Å². The number of aliphatic hydroxyl groups is 1. The van der Waals surface area contributed by atoms with E-state index in [4.69, 9.17) is 9.47 Å². The predicted octanol–water partition coefficient (Wildman–Crippen LogP) is 3.95. The number of benzene rings is 1. The van der Waals surface area contributed by atoms with Crippen molar-refractivity contribution in [3.63, 3.8) is 0 Å². The highest BCUT2D eigenvalue weighted by atomic mass is 16.5. The molecule has 6 atom stereocenters. The minimum Gasteiger partial charge on any atom is -0.494 e. The van der Waals surface area contributed by atoms with E-state index in [0.29, 0.717) is 44.1 Å². The van der Waals surface area contributed by atoms with E-state index >= 15 is 0 Å². The zero-order valence-electron chi connectivity index (χ0n) is 26.2. The molecule has 4 heterocycles. The van der Waals surface area contributed by atoms with E-state index < -0.39 is 35.1 Å². The fourth-order valence-electron chi connectivity index (χ4n) is 7.60. The molecule has 1 spiro atoms. The first-order chi connectivity index (χ1) is 20.7. The Hall–Kier alpha value is -3.17. The minimum atomic E-state index is -1.33. The lowest BCUT2D eigenvalue weighted by atomic mass is 9.73. The lowest BCUT2D eigenvalue weighted by molar-refractivity contribution is -0.156. The molecule has 1 N–H and O–H groups in total. The van der Waals surface area contributed by atoms with Gasteiger partial charge in [-0.25, -0.2) is 0 Å².